The molecule has 3 nitrogen and oxygen atoms in total. The molecular weight excluding hydrogens is 349 g/mol. The van der Waals surface area contributed by atoms with Gasteiger partial charge in [0, 0.05) is 11.4 Å². The summed E-state index contributed by atoms with van der Waals surface area (Å²) >= 11 is 3.09. The fourth-order valence-electron chi connectivity index (χ4n) is 1.95. The number of ether oxygens (including phenoxy) is 1. The summed E-state index contributed by atoms with van der Waals surface area (Å²) in [6.07, 6.45) is -4.69. The summed E-state index contributed by atoms with van der Waals surface area (Å²) in [5.41, 5.74) is 6.16. The third-order valence-corrected chi connectivity index (χ3v) is 3.55. The van der Waals surface area contributed by atoms with Crippen LogP contribution in [0.4, 0.5) is 13.2 Å². The number of alkyl halides is 3. The van der Waals surface area contributed by atoms with Crippen LogP contribution in [-0.2, 0) is 6.54 Å². The molecular formula is C14H14BrF3N2O. The summed E-state index contributed by atoms with van der Waals surface area (Å²) in [4.78, 5) is 0. The summed E-state index contributed by atoms with van der Waals surface area (Å²) in [7, 11) is 0. The minimum absolute atomic E-state index is 0.250. The number of aryl methyl sites for hydroxylation is 2. The van der Waals surface area contributed by atoms with Crippen molar-refractivity contribution in [1.82, 2.24) is 4.68 Å². The quantitative estimate of drug-likeness (QED) is 0.865. The third-order valence-electron chi connectivity index (χ3n) is 2.93. The molecule has 0 bridgehead atoms. The van der Waals surface area contributed by atoms with Crippen LogP contribution in [0.3, 0.4) is 0 Å². The van der Waals surface area contributed by atoms with Crippen LogP contribution >= 0.6 is 15.9 Å². The van der Waals surface area contributed by atoms with Crippen LogP contribution in [0.1, 0.15) is 17.0 Å². The maximum atomic E-state index is 12.2. The Morgan fingerprint density at radius 3 is 2.29 bits per heavy atom. The van der Waals surface area contributed by atoms with Crippen LogP contribution in [0, 0.1) is 13.8 Å². The van der Waals surface area contributed by atoms with Crippen molar-refractivity contribution < 1.29 is 17.9 Å². The molecule has 0 atom stereocenters. The van der Waals surface area contributed by atoms with Gasteiger partial charge in [-0.15, -0.1) is 13.2 Å². The summed E-state index contributed by atoms with van der Waals surface area (Å²) in [6, 6.07) is 8.45. The lowest BCUT2D eigenvalue weighted by molar-refractivity contribution is -0.274. The number of hydrogen-bond acceptors (Lipinski definition) is 2. The smallest absolute Gasteiger partial charge is 0.405 e. The van der Waals surface area contributed by atoms with Gasteiger partial charge in [0.15, 0.2) is 0 Å². The first-order valence-corrected chi connectivity index (χ1v) is 6.98. The average Bonchev–Trinajstić information content (AvgIpc) is 2.68. The van der Waals surface area contributed by atoms with Gasteiger partial charge in [-0.05, 0) is 59.6 Å². The average molecular weight is 363 g/mol. The van der Waals surface area contributed by atoms with E-state index in [0.29, 0.717) is 6.54 Å². The van der Waals surface area contributed by atoms with E-state index in [1.165, 1.54) is 6.07 Å². The number of nitrogens with zero attached hydrogens (tertiary/aromatic N) is 1. The van der Waals surface area contributed by atoms with Gasteiger partial charge < -0.3 is 10.2 Å². The summed E-state index contributed by atoms with van der Waals surface area (Å²) in [5, 5.41) is 0. The molecule has 0 fully saturated rings. The molecule has 0 aliphatic carbocycles. The highest BCUT2D eigenvalue weighted by atomic mass is 79.9. The normalized spacial score (nSPS) is 11.5. The monoisotopic (exact) mass is 362 g/mol. The Balaban J connectivity index is 2.07. The van der Waals surface area contributed by atoms with Gasteiger partial charge in [0.2, 0.25) is 0 Å². The fourth-order valence-corrected chi connectivity index (χ4v) is 2.46. The van der Waals surface area contributed by atoms with Gasteiger partial charge in [-0.25, -0.2) is 0 Å². The van der Waals surface area contributed by atoms with Crippen molar-refractivity contribution >= 4 is 15.9 Å². The standard InChI is InChI=1S/C14H14BrF3N2O/c1-9-3-4-10(2)20(9)19-8-11-5-6-13(12(15)7-11)21-14(16,17)18/h3-7,19H,8H2,1-2H3. The molecule has 1 heterocycles. The lowest BCUT2D eigenvalue weighted by atomic mass is 10.2. The predicted molar refractivity (Wildman–Crippen MR) is 77.8 cm³/mol. The number of nitrogens with one attached hydrogen (secondary N) is 1. The molecule has 1 N–H and O–H groups in total. The summed E-state index contributed by atoms with van der Waals surface area (Å²) in [6.45, 7) is 4.42. The van der Waals surface area contributed by atoms with Crippen LogP contribution in [0.15, 0.2) is 34.8 Å². The second-order valence-corrected chi connectivity index (χ2v) is 5.45. The lowest BCUT2D eigenvalue weighted by Gasteiger charge is -2.14. The zero-order valence-electron chi connectivity index (χ0n) is 11.5. The van der Waals surface area contributed by atoms with Crippen molar-refractivity contribution in [2.45, 2.75) is 26.8 Å². The number of rotatable bonds is 4. The van der Waals surface area contributed by atoms with Crippen molar-refractivity contribution in [3.05, 3.63) is 51.8 Å². The molecule has 0 aliphatic heterocycles. The Labute approximate surface area is 128 Å². The molecule has 1 aromatic carbocycles. The molecule has 21 heavy (non-hydrogen) atoms. The highest BCUT2D eigenvalue weighted by molar-refractivity contribution is 9.10. The molecule has 0 saturated carbocycles. The van der Waals surface area contributed by atoms with Crippen LogP contribution < -0.4 is 10.2 Å². The largest absolute Gasteiger partial charge is 0.573 e. The van der Waals surface area contributed by atoms with Crippen molar-refractivity contribution in [3.8, 4) is 5.75 Å². The van der Waals surface area contributed by atoms with E-state index in [2.05, 4.69) is 26.1 Å². The molecule has 0 radical (unpaired) electrons. The van der Waals surface area contributed by atoms with Gasteiger partial charge in [0.25, 0.3) is 0 Å². The zero-order chi connectivity index (χ0) is 15.6. The van der Waals surface area contributed by atoms with Crippen molar-refractivity contribution in [2.75, 3.05) is 5.43 Å². The van der Waals surface area contributed by atoms with E-state index in [9.17, 15) is 13.2 Å². The first-order valence-electron chi connectivity index (χ1n) is 6.19. The molecule has 2 aromatic rings. The lowest BCUT2D eigenvalue weighted by Crippen LogP contribution is -2.18. The van der Waals surface area contributed by atoms with E-state index in [-0.39, 0.29) is 10.2 Å². The Bertz CT molecular complexity index is 618. The first kappa shape index (κ1) is 15.8. The molecule has 0 spiro atoms. The molecule has 7 heteroatoms. The van der Waals surface area contributed by atoms with E-state index >= 15 is 0 Å². The van der Waals surface area contributed by atoms with E-state index < -0.39 is 6.36 Å². The van der Waals surface area contributed by atoms with E-state index in [4.69, 9.17) is 0 Å². The third kappa shape index (κ3) is 4.17. The van der Waals surface area contributed by atoms with E-state index in [1.54, 1.807) is 12.1 Å². The molecule has 0 amide bonds. The number of halogens is 4. The Hall–Kier alpha value is -1.63. The maximum absolute atomic E-state index is 12.2. The Morgan fingerprint density at radius 2 is 1.76 bits per heavy atom. The summed E-state index contributed by atoms with van der Waals surface area (Å²) in [5.74, 6) is -0.250. The second-order valence-electron chi connectivity index (χ2n) is 4.60. The van der Waals surface area contributed by atoms with Crippen LogP contribution in [-0.4, -0.2) is 11.0 Å². The minimum Gasteiger partial charge on any atom is -0.405 e. The molecule has 0 aliphatic rings. The second kappa shape index (κ2) is 6.01. The van der Waals surface area contributed by atoms with E-state index in [1.807, 2.05) is 30.7 Å². The number of benzene rings is 1. The topological polar surface area (TPSA) is 26.2 Å². The van der Waals surface area contributed by atoms with Gasteiger partial charge in [-0.2, -0.15) is 0 Å². The Kier molecular flexibility index (Phi) is 4.51. The van der Waals surface area contributed by atoms with Crippen molar-refractivity contribution in [2.24, 2.45) is 0 Å². The molecule has 114 valence electrons. The van der Waals surface area contributed by atoms with Crippen LogP contribution in [0.25, 0.3) is 0 Å². The number of hydrogen-bond donors (Lipinski definition) is 1. The Morgan fingerprint density at radius 1 is 1.14 bits per heavy atom. The fraction of sp³-hybridized carbons (Fsp3) is 0.286. The van der Waals surface area contributed by atoms with Gasteiger partial charge >= 0.3 is 6.36 Å². The molecule has 0 saturated heterocycles. The minimum atomic E-state index is -4.69. The van der Waals surface area contributed by atoms with Crippen molar-refractivity contribution in [1.29, 1.82) is 0 Å². The van der Waals surface area contributed by atoms with Gasteiger partial charge in [0.1, 0.15) is 5.75 Å². The van der Waals surface area contributed by atoms with Gasteiger partial charge in [-0.3, -0.25) is 4.68 Å². The zero-order valence-corrected chi connectivity index (χ0v) is 13.0. The summed E-state index contributed by atoms with van der Waals surface area (Å²) < 4.78 is 42.6. The van der Waals surface area contributed by atoms with Crippen LogP contribution in [0.5, 0.6) is 5.75 Å². The SMILES string of the molecule is Cc1ccc(C)n1NCc1ccc(OC(F)(F)F)c(Br)c1. The van der Waals surface area contributed by atoms with Gasteiger partial charge in [-0.1, -0.05) is 6.07 Å². The molecule has 0 unspecified atom stereocenters. The number of aromatic nitrogens is 1. The molecule has 2 rings (SSSR count). The van der Waals surface area contributed by atoms with Crippen LogP contribution in [0.2, 0.25) is 0 Å². The van der Waals surface area contributed by atoms with Gasteiger partial charge in [0.05, 0.1) is 11.0 Å². The van der Waals surface area contributed by atoms with Crippen molar-refractivity contribution in [3.63, 3.8) is 0 Å². The first-order chi connectivity index (χ1) is 9.76. The predicted octanol–water partition coefficient (Wildman–Crippen LogP) is 4.51. The highest BCUT2D eigenvalue weighted by Gasteiger charge is 2.31. The highest BCUT2D eigenvalue weighted by Crippen LogP contribution is 2.31. The van der Waals surface area contributed by atoms with E-state index in [0.717, 1.165) is 17.0 Å². The molecule has 1 aromatic heterocycles. The maximum Gasteiger partial charge on any atom is 0.573 e.